The fourth-order valence-electron chi connectivity index (χ4n) is 3.54. The Labute approximate surface area is 192 Å². The molecule has 0 saturated carbocycles. The van der Waals surface area contributed by atoms with E-state index in [1.807, 2.05) is 85.8 Å². The van der Waals surface area contributed by atoms with Crippen LogP contribution in [0, 0.1) is 0 Å². The summed E-state index contributed by atoms with van der Waals surface area (Å²) in [4.78, 5) is 13.4. The summed E-state index contributed by atoms with van der Waals surface area (Å²) in [6.07, 6.45) is 1.21. The molecule has 0 radical (unpaired) electrons. The first kappa shape index (κ1) is 22.0. The van der Waals surface area contributed by atoms with Crippen LogP contribution in [0.25, 0.3) is 10.1 Å². The smallest absolute Gasteiger partial charge is 0.261 e. The van der Waals surface area contributed by atoms with Crippen LogP contribution >= 0.6 is 11.3 Å². The van der Waals surface area contributed by atoms with E-state index in [9.17, 15) is 13.2 Å². The average molecular weight is 465 g/mol. The molecule has 0 aliphatic heterocycles. The minimum Gasteiger partial charge on any atom is -0.345 e. The first-order chi connectivity index (χ1) is 15.3. The molecule has 0 aliphatic carbocycles. The minimum absolute atomic E-state index is 0.115. The zero-order valence-electron chi connectivity index (χ0n) is 17.9. The largest absolute Gasteiger partial charge is 0.345 e. The molecular weight excluding hydrogens is 440 g/mol. The number of nitrogens with one attached hydrogen (secondary N) is 1. The van der Waals surface area contributed by atoms with Gasteiger partial charge in [0.05, 0.1) is 29.4 Å². The van der Waals surface area contributed by atoms with Gasteiger partial charge in [-0.2, -0.15) is 0 Å². The maximum Gasteiger partial charge on any atom is 0.261 e. The highest BCUT2D eigenvalue weighted by Gasteiger charge is 2.20. The van der Waals surface area contributed by atoms with Gasteiger partial charge in [0.15, 0.2) is 0 Å². The predicted molar refractivity (Wildman–Crippen MR) is 132 cm³/mol. The van der Waals surface area contributed by atoms with Crippen LogP contribution in [0.15, 0.2) is 84.9 Å². The molecule has 7 heteroatoms. The lowest BCUT2D eigenvalue weighted by Crippen LogP contribution is -2.29. The van der Waals surface area contributed by atoms with Gasteiger partial charge in [0.2, 0.25) is 10.0 Å². The fraction of sp³-hybridized carbons (Fsp3) is 0.160. The number of carbonyl (C=O) groups excluding carboxylic acids is 1. The van der Waals surface area contributed by atoms with Crippen LogP contribution in [0.4, 0.5) is 5.69 Å². The number of amides is 1. The molecule has 1 aromatic heterocycles. The second-order valence-electron chi connectivity index (χ2n) is 7.69. The standard InChI is InChI=1S/C25H24N2O3S2/c1-18(20-11-7-4-8-12-20)26-25(28)24-16-21-15-22(13-14-23(21)31-24)27(32(2,29)30)17-19-9-5-3-6-10-19/h3-16,18H,17H2,1-2H3,(H,26,28). The third kappa shape index (κ3) is 5.00. The molecule has 1 amide bonds. The van der Waals surface area contributed by atoms with Crippen LogP contribution < -0.4 is 9.62 Å². The van der Waals surface area contributed by atoms with Crippen molar-refractivity contribution in [2.45, 2.75) is 19.5 Å². The van der Waals surface area contributed by atoms with E-state index >= 15 is 0 Å². The molecule has 5 nitrogen and oxygen atoms in total. The molecule has 3 aromatic carbocycles. The third-order valence-electron chi connectivity index (χ3n) is 5.23. The van der Waals surface area contributed by atoms with Crippen LogP contribution in [0.2, 0.25) is 0 Å². The Bertz CT molecular complexity index is 1330. The summed E-state index contributed by atoms with van der Waals surface area (Å²) in [6, 6.07) is 26.5. The summed E-state index contributed by atoms with van der Waals surface area (Å²) in [5.41, 5.74) is 2.51. The molecule has 4 aromatic rings. The van der Waals surface area contributed by atoms with Gasteiger partial charge in [-0.25, -0.2) is 8.42 Å². The highest BCUT2D eigenvalue weighted by molar-refractivity contribution is 7.92. The number of nitrogens with zero attached hydrogens (tertiary/aromatic N) is 1. The van der Waals surface area contributed by atoms with E-state index in [-0.39, 0.29) is 18.5 Å². The second-order valence-corrected chi connectivity index (χ2v) is 10.7. The molecule has 1 unspecified atom stereocenters. The number of hydrogen-bond donors (Lipinski definition) is 1. The lowest BCUT2D eigenvalue weighted by Gasteiger charge is -2.22. The number of hydrogen-bond acceptors (Lipinski definition) is 4. The maximum absolute atomic E-state index is 12.8. The molecule has 0 saturated heterocycles. The molecule has 1 N–H and O–H groups in total. The van der Waals surface area contributed by atoms with Crippen molar-refractivity contribution in [2.75, 3.05) is 10.6 Å². The summed E-state index contributed by atoms with van der Waals surface area (Å²) in [5.74, 6) is -0.145. The normalized spacial score (nSPS) is 12.4. The van der Waals surface area contributed by atoms with Crippen molar-refractivity contribution in [3.63, 3.8) is 0 Å². The molecule has 32 heavy (non-hydrogen) atoms. The molecule has 4 rings (SSSR count). The number of fused-ring (bicyclic) bond motifs is 1. The summed E-state index contributed by atoms with van der Waals surface area (Å²) >= 11 is 1.39. The molecule has 0 spiro atoms. The Morgan fingerprint density at radius 2 is 1.62 bits per heavy atom. The van der Waals surface area contributed by atoms with Crippen LogP contribution in [0.1, 0.15) is 33.8 Å². The number of sulfonamides is 1. The van der Waals surface area contributed by atoms with Crippen molar-refractivity contribution in [2.24, 2.45) is 0 Å². The Kier molecular flexibility index (Phi) is 6.30. The number of rotatable bonds is 7. The van der Waals surface area contributed by atoms with E-state index in [0.717, 1.165) is 21.2 Å². The van der Waals surface area contributed by atoms with E-state index in [1.165, 1.54) is 21.9 Å². The van der Waals surface area contributed by atoms with Crippen molar-refractivity contribution in [3.05, 3.63) is 101 Å². The van der Waals surface area contributed by atoms with Crippen molar-refractivity contribution < 1.29 is 13.2 Å². The van der Waals surface area contributed by atoms with Gasteiger partial charge in [0, 0.05) is 4.70 Å². The summed E-state index contributed by atoms with van der Waals surface area (Å²) in [7, 11) is -3.48. The van der Waals surface area contributed by atoms with Gasteiger partial charge in [-0.3, -0.25) is 9.10 Å². The molecule has 0 fully saturated rings. The topological polar surface area (TPSA) is 66.5 Å². The SMILES string of the molecule is CC(NC(=O)c1cc2cc(N(Cc3ccccc3)S(C)(=O)=O)ccc2s1)c1ccccc1. The van der Waals surface area contributed by atoms with E-state index in [4.69, 9.17) is 0 Å². The van der Waals surface area contributed by atoms with Gasteiger partial charge in [0.25, 0.3) is 5.91 Å². The first-order valence-corrected chi connectivity index (χ1v) is 12.9. The predicted octanol–water partition coefficient (Wildman–Crippen LogP) is 5.36. The number of benzene rings is 3. The highest BCUT2D eigenvalue weighted by atomic mass is 32.2. The van der Waals surface area contributed by atoms with Gasteiger partial charge >= 0.3 is 0 Å². The van der Waals surface area contributed by atoms with Crippen molar-refractivity contribution >= 4 is 43.0 Å². The molecule has 1 atom stereocenters. The molecule has 164 valence electrons. The summed E-state index contributed by atoms with van der Waals surface area (Å²) < 4.78 is 27.3. The van der Waals surface area contributed by atoms with Crippen molar-refractivity contribution in [1.82, 2.24) is 5.32 Å². The lowest BCUT2D eigenvalue weighted by atomic mass is 10.1. The summed E-state index contributed by atoms with van der Waals surface area (Å²) in [5, 5.41) is 3.87. The Balaban J connectivity index is 1.59. The van der Waals surface area contributed by atoms with Gasteiger partial charge in [-0.15, -0.1) is 11.3 Å². The van der Waals surface area contributed by atoms with Crippen LogP contribution in [-0.4, -0.2) is 20.6 Å². The Morgan fingerprint density at radius 1 is 0.969 bits per heavy atom. The number of thiophene rings is 1. The second kappa shape index (κ2) is 9.14. The zero-order chi connectivity index (χ0) is 22.7. The van der Waals surface area contributed by atoms with E-state index in [2.05, 4.69) is 5.32 Å². The monoisotopic (exact) mass is 464 g/mol. The van der Waals surface area contributed by atoms with Crippen LogP contribution in [-0.2, 0) is 16.6 Å². The molecule has 0 bridgehead atoms. The van der Waals surface area contributed by atoms with E-state index in [1.54, 1.807) is 6.07 Å². The van der Waals surface area contributed by atoms with Crippen molar-refractivity contribution in [3.8, 4) is 0 Å². The lowest BCUT2D eigenvalue weighted by molar-refractivity contribution is 0.0944. The van der Waals surface area contributed by atoms with E-state index < -0.39 is 10.0 Å². The van der Waals surface area contributed by atoms with Crippen LogP contribution in [0.3, 0.4) is 0 Å². The van der Waals surface area contributed by atoms with Gasteiger partial charge in [-0.1, -0.05) is 60.7 Å². The Morgan fingerprint density at radius 3 is 2.28 bits per heavy atom. The fourth-order valence-corrected chi connectivity index (χ4v) is 5.37. The third-order valence-corrected chi connectivity index (χ3v) is 7.48. The maximum atomic E-state index is 12.8. The highest BCUT2D eigenvalue weighted by Crippen LogP contribution is 2.31. The van der Waals surface area contributed by atoms with Crippen LogP contribution in [0.5, 0.6) is 0 Å². The zero-order valence-corrected chi connectivity index (χ0v) is 19.5. The minimum atomic E-state index is -3.48. The van der Waals surface area contributed by atoms with Crippen molar-refractivity contribution in [1.29, 1.82) is 0 Å². The molecule has 1 heterocycles. The molecular formula is C25H24N2O3S2. The van der Waals surface area contributed by atoms with Gasteiger partial charge < -0.3 is 5.32 Å². The molecule has 0 aliphatic rings. The van der Waals surface area contributed by atoms with Gasteiger partial charge in [0.1, 0.15) is 0 Å². The average Bonchev–Trinajstić information content (AvgIpc) is 3.21. The van der Waals surface area contributed by atoms with E-state index in [0.29, 0.717) is 10.6 Å². The number of carbonyl (C=O) groups is 1. The first-order valence-electron chi connectivity index (χ1n) is 10.2. The Hall–Kier alpha value is -3.16. The summed E-state index contributed by atoms with van der Waals surface area (Å²) in [6.45, 7) is 2.20. The number of anilines is 1. The van der Waals surface area contributed by atoms with Gasteiger partial charge in [-0.05, 0) is 47.7 Å². The quantitative estimate of drug-likeness (QED) is 0.400.